The van der Waals surface area contributed by atoms with E-state index in [-0.39, 0.29) is 0 Å². The van der Waals surface area contributed by atoms with E-state index < -0.39 is 0 Å². The van der Waals surface area contributed by atoms with Gasteiger partial charge in [0.05, 0.1) is 17.6 Å². The molecule has 59 valence electrons. The zero-order chi connectivity index (χ0) is 8.39. The van der Waals surface area contributed by atoms with E-state index in [1.165, 1.54) is 0 Å². The lowest BCUT2D eigenvalue weighted by molar-refractivity contribution is 0.773. The highest BCUT2D eigenvalue weighted by atomic mass is 15.3. The number of hydrogen-bond acceptors (Lipinski definition) is 2. The Morgan fingerprint density at radius 1 is 1.42 bits per heavy atom. The third-order valence-electron chi connectivity index (χ3n) is 1.69. The van der Waals surface area contributed by atoms with Gasteiger partial charge >= 0.3 is 0 Å². The summed E-state index contributed by atoms with van der Waals surface area (Å²) in [4.78, 5) is 4.10. The highest BCUT2D eigenvalue weighted by Crippen LogP contribution is 2.13. The molecule has 3 nitrogen and oxygen atoms in total. The molecular formula is C9H8N3. The molecule has 0 aromatic carbocycles. The van der Waals surface area contributed by atoms with Crippen LogP contribution in [0.1, 0.15) is 0 Å². The summed E-state index contributed by atoms with van der Waals surface area (Å²) in [7, 11) is 1.89. The molecule has 0 saturated heterocycles. The summed E-state index contributed by atoms with van der Waals surface area (Å²) in [5, 5.41) is 4.06. The van der Waals surface area contributed by atoms with Gasteiger partial charge in [-0.25, -0.2) is 4.98 Å². The van der Waals surface area contributed by atoms with Gasteiger partial charge in [-0.15, -0.1) is 0 Å². The van der Waals surface area contributed by atoms with E-state index in [2.05, 4.69) is 16.3 Å². The van der Waals surface area contributed by atoms with Crippen molar-refractivity contribution in [3.05, 3.63) is 36.7 Å². The lowest BCUT2D eigenvalue weighted by Gasteiger charge is -1.98. The SMILES string of the molecule is Cn1nccc1-c1ccc[c]n1. The Morgan fingerprint density at radius 2 is 2.33 bits per heavy atom. The van der Waals surface area contributed by atoms with Crippen molar-refractivity contribution in [2.75, 3.05) is 0 Å². The lowest BCUT2D eigenvalue weighted by atomic mass is 10.3. The van der Waals surface area contributed by atoms with E-state index in [4.69, 9.17) is 0 Å². The van der Waals surface area contributed by atoms with Gasteiger partial charge in [-0.05, 0) is 18.2 Å². The zero-order valence-electron chi connectivity index (χ0n) is 6.73. The van der Waals surface area contributed by atoms with E-state index in [0.29, 0.717) is 0 Å². The molecule has 2 heterocycles. The topological polar surface area (TPSA) is 30.7 Å². The maximum absolute atomic E-state index is 4.10. The predicted molar refractivity (Wildman–Crippen MR) is 45.3 cm³/mol. The highest BCUT2D eigenvalue weighted by molar-refractivity contribution is 5.53. The summed E-state index contributed by atoms with van der Waals surface area (Å²) in [6.45, 7) is 0. The van der Waals surface area contributed by atoms with Gasteiger partial charge in [0.1, 0.15) is 0 Å². The molecule has 0 N–H and O–H groups in total. The Hall–Kier alpha value is -1.64. The van der Waals surface area contributed by atoms with Crippen molar-refractivity contribution in [1.29, 1.82) is 0 Å². The van der Waals surface area contributed by atoms with Crippen LogP contribution in [0.4, 0.5) is 0 Å². The van der Waals surface area contributed by atoms with E-state index in [9.17, 15) is 0 Å². The predicted octanol–water partition coefficient (Wildman–Crippen LogP) is 1.28. The smallest absolute Gasteiger partial charge is 0.0894 e. The van der Waals surface area contributed by atoms with Crippen LogP contribution >= 0.6 is 0 Å². The molecule has 2 aromatic rings. The number of nitrogens with zero attached hydrogens (tertiary/aromatic N) is 3. The minimum absolute atomic E-state index is 0.900. The quantitative estimate of drug-likeness (QED) is 0.626. The largest absolute Gasteiger partial charge is 0.266 e. The number of rotatable bonds is 1. The molecule has 3 heteroatoms. The van der Waals surface area contributed by atoms with Crippen molar-refractivity contribution in [3.8, 4) is 11.4 Å². The van der Waals surface area contributed by atoms with Crippen LogP contribution in [0.15, 0.2) is 30.5 Å². The molecular weight excluding hydrogens is 150 g/mol. The third kappa shape index (κ3) is 1.09. The standard InChI is InChI=1S/C9H8N3/c1-12-9(5-7-11-12)8-4-2-3-6-10-8/h2-5,7H,1H3. The summed E-state index contributed by atoms with van der Waals surface area (Å²) < 4.78 is 1.79. The zero-order valence-corrected chi connectivity index (χ0v) is 6.73. The molecule has 0 aliphatic carbocycles. The van der Waals surface area contributed by atoms with Gasteiger partial charge in [0.15, 0.2) is 0 Å². The first-order chi connectivity index (χ1) is 5.88. The molecule has 0 fully saturated rings. The minimum Gasteiger partial charge on any atom is -0.266 e. The Morgan fingerprint density at radius 3 is 2.92 bits per heavy atom. The molecule has 0 aliphatic rings. The summed E-state index contributed by atoms with van der Waals surface area (Å²) >= 11 is 0. The summed E-state index contributed by atoms with van der Waals surface area (Å²) in [6.07, 6.45) is 4.54. The maximum atomic E-state index is 4.10. The van der Waals surface area contributed by atoms with Crippen LogP contribution in [0.5, 0.6) is 0 Å². The fraction of sp³-hybridized carbons (Fsp3) is 0.111. The van der Waals surface area contributed by atoms with Crippen molar-refractivity contribution < 1.29 is 0 Å². The highest BCUT2D eigenvalue weighted by Gasteiger charge is 2.00. The molecule has 0 saturated carbocycles. The molecule has 1 radical (unpaired) electrons. The van der Waals surface area contributed by atoms with Gasteiger partial charge in [0.25, 0.3) is 0 Å². The first-order valence-electron chi connectivity index (χ1n) is 3.69. The van der Waals surface area contributed by atoms with Gasteiger partial charge in [0, 0.05) is 13.2 Å². The first-order valence-corrected chi connectivity index (χ1v) is 3.69. The molecule has 12 heavy (non-hydrogen) atoms. The van der Waals surface area contributed by atoms with Crippen molar-refractivity contribution in [2.24, 2.45) is 7.05 Å². The molecule has 2 rings (SSSR count). The van der Waals surface area contributed by atoms with Gasteiger partial charge < -0.3 is 0 Å². The van der Waals surface area contributed by atoms with E-state index in [0.717, 1.165) is 11.4 Å². The van der Waals surface area contributed by atoms with Crippen molar-refractivity contribution in [3.63, 3.8) is 0 Å². The van der Waals surface area contributed by atoms with Crippen LogP contribution in [-0.4, -0.2) is 14.8 Å². The number of aromatic nitrogens is 3. The molecule has 0 atom stereocenters. The number of hydrogen-bond donors (Lipinski definition) is 0. The molecule has 0 spiro atoms. The van der Waals surface area contributed by atoms with Gasteiger partial charge in [-0.1, -0.05) is 6.07 Å². The van der Waals surface area contributed by atoms with E-state index >= 15 is 0 Å². The monoisotopic (exact) mass is 158 g/mol. The maximum Gasteiger partial charge on any atom is 0.0894 e. The van der Waals surface area contributed by atoms with Crippen molar-refractivity contribution >= 4 is 0 Å². The normalized spacial score (nSPS) is 10.1. The minimum atomic E-state index is 0.900. The second kappa shape index (κ2) is 2.77. The second-order valence-corrected chi connectivity index (χ2v) is 2.49. The summed E-state index contributed by atoms with van der Waals surface area (Å²) in [5.74, 6) is 0. The molecule has 2 aromatic heterocycles. The Labute approximate surface area is 70.7 Å². The van der Waals surface area contributed by atoms with Gasteiger partial charge in [-0.2, -0.15) is 5.10 Å². The van der Waals surface area contributed by atoms with Crippen LogP contribution in [0.2, 0.25) is 0 Å². The number of pyridine rings is 1. The van der Waals surface area contributed by atoms with Crippen LogP contribution in [0.25, 0.3) is 11.4 Å². The van der Waals surface area contributed by atoms with Crippen LogP contribution in [0.3, 0.4) is 0 Å². The van der Waals surface area contributed by atoms with Gasteiger partial charge in [0.2, 0.25) is 0 Å². The number of aryl methyl sites for hydroxylation is 1. The van der Waals surface area contributed by atoms with Crippen LogP contribution in [-0.2, 0) is 7.05 Å². The van der Waals surface area contributed by atoms with Crippen molar-refractivity contribution in [2.45, 2.75) is 0 Å². The van der Waals surface area contributed by atoms with Crippen LogP contribution < -0.4 is 0 Å². The fourth-order valence-corrected chi connectivity index (χ4v) is 1.09. The van der Waals surface area contributed by atoms with Gasteiger partial charge in [-0.3, -0.25) is 4.68 Å². The molecule has 0 bridgehead atoms. The lowest BCUT2D eigenvalue weighted by Crippen LogP contribution is -1.94. The first kappa shape index (κ1) is 7.03. The second-order valence-electron chi connectivity index (χ2n) is 2.49. The molecule has 0 amide bonds. The van der Waals surface area contributed by atoms with E-state index in [1.807, 2.05) is 25.2 Å². The average molecular weight is 158 g/mol. The summed E-state index contributed by atoms with van der Waals surface area (Å²) in [5.41, 5.74) is 1.91. The van der Waals surface area contributed by atoms with E-state index in [1.54, 1.807) is 16.9 Å². The molecule has 0 unspecified atom stereocenters. The Balaban J connectivity index is 2.51. The Kier molecular flexibility index (Phi) is 1.63. The van der Waals surface area contributed by atoms with Crippen molar-refractivity contribution in [1.82, 2.24) is 14.8 Å². The fourth-order valence-electron chi connectivity index (χ4n) is 1.09. The summed E-state index contributed by atoms with van der Waals surface area (Å²) in [6, 6.07) is 7.55. The Bertz CT molecular complexity index is 364. The third-order valence-corrected chi connectivity index (χ3v) is 1.69. The average Bonchev–Trinajstić information content (AvgIpc) is 2.53. The molecule has 0 aliphatic heterocycles. The van der Waals surface area contributed by atoms with Crippen LogP contribution in [0, 0.1) is 6.20 Å².